The van der Waals surface area contributed by atoms with Gasteiger partial charge < -0.3 is 0 Å². The van der Waals surface area contributed by atoms with E-state index in [4.69, 9.17) is 11.6 Å². The first-order valence-electron chi connectivity index (χ1n) is 9.99. The lowest BCUT2D eigenvalue weighted by atomic mass is 9.95. The van der Waals surface area contributed by atoms with Gasteiger partial charge in [0.25, 0.3) is 10.0 Å². The van der Waals surface area contributed by atoms with Crippen molar-refractivity contribution in [3.63, 3.8) is 0 Å². The van der Waals surface area contributed by atoms with Crippen molar-refractivity contribution in [3.8, 4) is 0 Å². The number of rotatable bonds is 5. The Labute approximate surface area is 182 Å². The zero-order chi connectivity index (χ0) is 21.3. The summed E-state index contributed by atoms with van der Waals surface area (Å²) >= 11 is 6.37. The van der Waals surface area contributed by atoms with Crippen molar-refractivity contribution in [2.24, 2.45) is 5.92 Å². The fraction of sp³-hybridized carbons (Fsp3) is 0.261. The van der Waals surface area contributed by atoms with Crippen LogP contribution in [-0.4, -0.2) is 18.0 Å². The van der Waals surface area contributed by atoms with Gasteiger partial charge in [0, 0.05) is 0 Å². The minimum absolute atomic E-state index is 0.358. The summed E-state index contributed by atoms with van der Waals surface area (Å²) in [6.07, 6.45) is 15.7. The molecule has 2 heterocycles. The van der Waals surface area contributed by atoms with Crippen molar-refractivity contribution in [3.05, 3.63) is 81.9 Å². The van der Waals surface area contributed by atoms with Crippen LogP contribution in [0.2, 0.25) is 5.02 Å². The third-order valence-corrected chi connectivity index (χ3v) is 7.16. The molecule has 0 fully saturated rings. The second kappa shape index (κ2) is 8.28. The number of fused-ring (bicyclic) bond motifs is 1. The van der Waals surface area contributed by atoms with Gasteiger partial charge >= 0.3 is 0 Å². The standard InChI is InChI=1S/C23H24ClN3O2S/c1-16(2)17-9-11-19(12-10-17)30(28,29)26-23-14-13-20(24)22-15-21(25-27(22)23)18-7-5-3-4-6-8-18/h3-5,7-9,11,13-16,26H,6,10,12H2,1-2H3. The number of nitrogens with one attached hydrogen (secondary N) is 1. The Kier molecular flexibility index (Phi) is 5.71. The second-order valence-corrected chi connectivity index (χ2v) is 9.85. The Hall–Kier alpha value is -2.57. The molecular weight excluding hydrogens is 418 g/mol. The van der Waals surface area contributed by atoms with Crippen LogP contribution < -0.4 is 4.72 Å². The number of halogens is 1. The van der Waals surface area contributed by atoms with Gasteiger partial charge in [-0.1, -0.05) is 67.5 Å². The number of hydrogen-bond donors (Lipinski definition) is 1. The van der Waals surface area contributed by atoms with E-state index in [1.807, 2.05) is 30.4 Å². The molecule has 0 spiro atoms. The summed E-state index contributed by atoms with van der Waals surface area (Å²) in [7, 11) is -3.69. The number of allylic oxidation sites excluding steroid dienone is 10. The van der Waals surface area contributed by atoms with E-state index in [-0.39, 0.29) is 0 Å². The number of nitrogens with zero attached hydrogens (tertiary/aromatic N) is 2. The fourth-order valence-corrected chi connectivity index (χ4v) is 4.95. The van der Waals surface area contributed by atoms with Crippen LogP contribution in [0.3, 0.4) is 0 Å². The van der Waals surface area contributed by atoms with Crippen molar-refractivity contribution in [1.82, 2.24) is 9.61 Å². The zero-order valence-electron chi connectivity index (χ0n) is 17.0. The summed E-state index contributed by atoms with van der Waals surface area (Å²) in [6.45, 7) is 4.23. The van der Waals surface area contributed by atoms with E-state index in [9.17, 15) is 8.42 Å². The van der Waals surface area contributed by atoms with E-state index in [0.717, 1.165) is 24.1 Å². The maximum absolute atomic E-state index is 13.0. The largest absolute Gasteiger partial charge is 0.264 e. The molecule has 0 aromatic carbocycles. The van der Waals surface area contributed by atoms with Crippen molar-refractivity contribution in [1.29, 1.82) is 0 Å². The summed E-state index contributed by atoms with van der Waals surface area (Å²) in [5.41, 5.74) is 3.62. The van der Waals surface area contributed by atoms with Gasteiger partial charge in [0.2, 0.25) is 0 Å². The minimum atomic E-state index is -3.69. The smallest absolute Gasteiger partial charge is 0.259 e. The highest BCUT2D eigenvalue weighted by Crippen LogP contribution is 2.30. The van der Waals surface area contributed by atoms with Gasteiger partial charge in [0.05, 0.1) is 21.1 Å². The molecule has 2 aliphatic carbocycles. The highest BCUT2D eigenvalue weighted by molar-refractivity contribution is 7.96. The monoisotopic (exact) mass is 441 g/mol. The molecule has 4 rings (SSSR count). The normalized spacial score (nSPS) is 17.0. The number of hydrogen-bond acceptors (Lipinski definition) is 3. The van der Waals surface area contributed by atoms with Crippen LogP contribution >= 0.6 is 11.6 Å². The van der Waals surface area contributed by atoms with Gasteiger partial charge in [0.15, 0.2) is 0 Å². The van der Waals surface area contributed by atoms with Crippen molar-refractivity contribution in [2.45, 2.75) is 33.1 Å². The topological polar surface area (TPSA) is 63.5 Å². The molecule has 0 saturated carbocycles. The van der Waals surface area contributed by atoms with Crippen LogP contribution in [0, 0.1) is 5.92 Å². The molecule has 0 amide bonds. The van der Waals surface area contributed by atoms with E-state index in [0.29, 0.717) is 33.6 Å². The lowest BCUT2D eigenvalue weighted by molar-refractivity contribution is 0.602. The summed E-state index contributed by atoms with van der Waals surface area (Å²) in [4.78, 5) is 0.378. The Bertz CT molecular complexity index is 1240. The third kappa shape index (κ3) is 4.16. The Balaban J connectivity index is 1.70. The molecule has 156 valence electrons. The van der Waals surface area contributed by atoms with Gasteiger partial charge in [-0.25, -0.2) is 12.9 Å². The molecule has 0 bridgehead atoms. The molecule has 5 nitrogen and oxygen atoms in total. The van der Waals surface area contributed by atoms with E-state index in [1.54, 1.807) is 22.7 Å². The van der Waals surface area contributed by atoms with Gasteiger partial charge in [0.1, 0.15) is 5.82 Å². The summed E-state index contributed by atoms with van der Waals surface area (Å²) in [5.74, 6) is 0.774. The quantitative estimate of drug-likeness (QED) is 0.629. The molecule has 0 atom stereocenters. The predicted molar refractivity (Wildman–Crippen MR) is 124 cm³/mol. The van der Waals surface area contributed by atoms with Crippen LogP contribution in [0.25, 0.3) is 11.1 Å². The van der Waals surface area contributed by atoms with Gasteiger partial charge in [-0.3, -0.25) is 4.72 Å². The molecule has 0 unspecified atom stereocenters. The zero-order valence-corrected chi connectivity index (χ0v) is 18.5. The Morgan fingerprint density at radius 3 is 2.73 bits per heavy atom. The van der Waals surface area contributed by atoms with Crippen LogP contribution in [0.5, 0.6) is 0 Å². The molecule has 0 radical (unpaired) electrons. The van der Waals surface area contributed by atoms with Crippen LogP contribution in [0.15, 0.2) is 71.2 Å². The SMILES string of the molecule is CC(C)C1=CC=C(S(=O)(=O)Nc2ccc(Cl)c3cc(C4=CCC=CC=C4)nn23)CC1. The second-order valence-electron chi connectivity index (χ2n) is 7.71. The first-order valence-corrected chi connectivity index (χ1v) is 11.9. The average Bonchev–Trinajstić information content (AvgIpc) is 3.00. The highest BCUT2D eigenvalue weighted by Gasteiger charge is 2.22. The molecule has 1 N–H and O–H groups in total. The maximum atomic E-state index is 13.0. The molecule has 0 aliphatic heterocycles. The van der Waals surface area contributed by atoms with E-state index in [2.05, 4.69) is 35.8 Å². The van der Waals surface area contributed by atoms with Crippen molar-refractivity contribution < 1.29 is 8.42 Å². The molecular formula is C23H24ClN3O2S. The van der Waals surface area contributed by atoms with Gasteiger partial charge in [-0.05, 0) is 55.0 Å². The van der Waals surface area contributed by atoms with Crippen molar-refractivity contribution >= 4 is 38.5 Å². The summed E-state index contributed by atoms with van der Waals surface area (Å²) < 4.78 is 30.3. The van der Waals surface area contributed by atoms with E-state index in [1.165, 1.54) is 5.57 Å². The molecule has 2 aromatic heterocycles. The maximum Gasteiger partial charge on any atom is 0.259 e. The minimum Gasteiger partial charge on any atom is -0.264 e. The predicted octanol–water partition coefficient (Wildman–Crippen LogP) is 5.89. The number of anilines is 1. The molecule has 2 aromatic rings. The first kappa shape index (κ1) is 20.7. The number of aromatic nitrogens is 2. The van der Waals surface area contributed by atoms with Gasteiger partial charge in [-0.2, -0.15) is 5.10 Å². The fourth-order valence-electron chi connectivity index (χ4n) is 3.57. The molecule has 2 aliphatic rings. The number of sulfonamides is 1. The lowest BCUT2D eigenvalue weighted by Crippen LogP contribution is -2.18. The molecule has 0 saturated heterocycles. The Morgan fingerprint density at radius 1 is 1.17 bits per heavy atom. The lowest BCUT2D eigenvalue weighted by Gasteiger charge is -2.18. The highest BCUT2D eigenvalue weighted by atomic mass is 35.5. The van der Waals surface area contributed by atoms with Crippen molar-refractivity contribution in [2.75, 3.05) is 4.72 Å². The van der Waals surface area contributed by atoms with E-state index < -0.39 is 10.0 Å². The number of pyridine rings is 1. The van der Waals surface area contributed by atoms with Crippen LogP contribution in [-0.2, 0) is 10.0 Å². The first-order chi connectivity index (χ1) is 14.3. The molecule has 7 heteroatoms. The van der Waals surface area contributed by atoms with E-state index >= 15 is 0 Å². The summed E-state index contributed by atoms with van der Waals surface area (Å²) in [6, 6.07) is 5.20. The molecule has 30 heavy (non-hydrogen) atoms. The third-order valence-electron chi connectivity index (χ3n) is 5.33. The van der Waals surface area contributed by atoms with Crippen LogP contribution in [0.4, 0.5) is 5.82 Å². The summed E-state index contributed by atoms with van der Waals surface area (Å²) in [5, 5.41) is 5.14. The van der Waals surface area contributed by atoms with Gasteiger partial charge in [-0.15, -0.1) is 0 Å². The average molecular weight is 442 g/mol. The van der Waals surface area contributed by atoms with Crippen LogP contribution in [0.1, 0.15) is 38.8 Å². The Morgan fingerprint density at radius 2 is 2.00 bits per heavy atom.